The molecule has 0 saturated carbocycles. The van der Waals surface area contributed by atoms with E-state index in [2.05, 4.69) is 18.8 Å². The zero-order chi connectivity index (χ0) is 9.56. The standard InChI is InChI=1S/C9H20N2O/c1-8(2)6-9(12-5)10-7-11(3)4/h7-9H,6H2,1-5H3/t9-/m1/s1. The van der Waals surface area contributed by atoms with Gasteiger partial charge in [-0.2, -0.15) is 0 Å². The summed E-state index contributed by atoms with van der Waals surface area (Å²) >= 11 is 0. The Balaban J connectivity index is 3.82. The second-order valence-electron chi connectivity index (χ2n) is 3.55. The van der Waals surface area contributed by atoms with Crippen molar-refractivity contribution in [1.29, 1.82) is 0 Å². The lowest BCUT2D eigenvalue weighted by Gasteiger charge is -2.13. The minimum Gasteiger partial charge on any atom is -0.369 e. The van der Waals surface area contributed by atoms with Crippen LogP contribution in [0.3, 0.4) is 0 Å². The van der Waals surface area contributed by atoms with Crippen LogP contribution >= 0.6 is 0 Å². The van der Waals surface area contributed by atoms with Gasteiger partial charge in [-0.25, -0.2) is 4.99 Å². The van der Waals surface area contributed by atoms with Gasteiger partial charge in [0, 0.05) is 21.2 Å². The molecule has 0 aromatic heterocycles. The number of hydrogen-bond acceptors (Lipinski definition) is 2. The van der Waals surface area contributed by atoms with Gasteiger partial charge in [-0.1, -0.05) is 13.8 Å². The maximum Gasteiger partial charge on any atom is 0.149 e. The molecule has 72 valence electrons. The van der Waals surface area contributed by atoms with Crippen LogP contribution in [0, 0.1) is 5.92 Å². The highest BCUT2D eigenvalue weighted by molar-refractivity contribution is 5.53. The van der Waals surface area contributed by atoms with Gasteiger partial charge in [0.2, 0.25) is 0 Å². The van der Waals surface area contributed by atoms with Crippen LogP contribution in [-0.2, 0) is 4.74 Å². The van der Waals surface area contributed by atoms with Gasteiger partial charge in [-0.05, 0) is 12.3 Å². The molecule has 0 spiro atoms. The summed E-state index contributed by atoms with van der Waals surface area (Å²) in [4.78, 5) is 6.17. The average molecular weight is 172 g/mol. The smallest absolute Gasteiger partial charge is 0.149 e. The van der Waals surface area contributed by atoms with Gasteiger partial charge in [0.15, 0.2) is 0 Å². The number of rotatable bonds is 5. The van der Waals surface area contributed by atoms with Crippen molar-refractivity contribution in [2.75, 3.05) is 21.2 Å². The number of hydrogen-bond donors (Lipinski definition) is 0. The second-order valence-corrected chi connectivity index (χ2v) is 3.55. The first kappa shape index (κ1) is 11.4. The van der Waals surface area contributed by atoms with Crippen LogP contribution in [0.1, 0.15) is 20.3 Å². The highest BCUT2D eigenvalue weighted by Gasteiger charge is 2.05. The molecule has 0 unspecified atom stereocenters. The molecule has 0 amide bonds. The fraction of sp³-hybridized carbons (Fsp3) is 0.889. The van der Waals surface area contributed by atoms with Gasteiger partial charge < -0.3 is 9.64 Å². The molecule has 0 heterocycles. The Morgan fingerprint density at radius 2 is 2.00 bits per heavy atom. The highest BCUT2D eigenvalue weighted by Crippen LogP contribution is 2.07. The van der Waals surface area contributed by atoms with Crippen molar-refractivity contribution < 1.29 is 4.74 Å². The number of nitrogens with zero attached hydrogens (tertiary/aromatic N) is 2. The molecule has 0 aliphatic carbocycles. The Bertz CT molecular complexity index is 132. The van der Waals surface area contributed by atoms with Gasteiger partial charge in [0.25, 0.3) is 0 Å². The van der Waals surface area contributed by atoms with E-state index in [4.69, 9.17) is 4.74 Å². The molecule has 0 aliphatic heterocycles. The first-order chi connectivity index (χ1) is 5.56. The molecule has 12 heavy (non-hydrogen) atoms. The number of ether oxygens (including phenoxy) is 1. The van der Waals surface area contributed by atoms with Gasteiger partial charge >= 0.3 is 0 Å². The van der Waals surface area contributed by atoms with E-state index in [0.29, 0.717) is 5.92 Å². The van der Waals surface area contributed by atoms with Crippen LogP contribution in [0.25, 0.3) is 0 Å². The lowest BCUT2D eigenvalue weighted by Crippen LogP contribution is -2.15. The van der Waals surface area contributed by atoms with E-state index in [1.54, 1.807) is 13.4 Å². The summed E-state index contributed by atoms with van der Waals surface area (Å²) in [5.74, 6) is 0.620. The maximum absolute atomic E-state index is 5.19. The summed E-state index contributed by atoms with van der Waals surface area (Å²) in [6.07, 6.45) is 2.77. The summed E-state index contributed by atoms with van der Waals surface area (Å²) in [6.45, 7) is 4.33. The van der Waals surface area contributed by atoms with E-state index in [-0.39, 0.29) is 6.23 Å². The summed E-state index contributed by atoms with van der Waals surface area (Å²) in [5.41, 5.74) is 0. The van der Waals surface area contributed by atoms with Crippen LogP contribution in [0.15, 0.2) is 4.99 Å². The Hall–Kier alpha value is -0.570. The lowest BCUT2D eigenvalue weighted by molar-refractivity contribution is 0.0917. The van der Waals surface area contributed by atoms with E-state index < -0.39 is 0 Å². The van der Waals surface area contributed by atoms with Crippen molar-refractivity contribution in [3.05, 3.63) is 0 Å². The van der Waals surface area contributed by atoms with E-state index >= 15 is 0 Å². The number of aliphatic imine (C=N–C) groups is 1. The van der Waals surface area contributed by atoms with Gasteiger partial charge in [0.05, 0.1) is 6.34 Å². The summed E-state index contributed by atoms with van der Waals surface area (Å²) < 4.78 is 5.19. The van der Waals surface area contributed by atoms with E-state index in [0.717, 1.165) is 6.42 Å². The van der Waals surface area contributed by atoms with Crippen LogP contribution in [0.2, 0.25) is 0 Å². The van der Waals surface area contributed by atoms with Gasteiger partial charge in [-0.15, -0.1) is 0 Å². The fourth-order valence-electron chi connectivity index (χ4n) is 0.829. The molecule has 3 nitrogen and oxygen atoms in total. The minimum atomic E-state index is 0.00685. The predicted molar refractivity (Wildman–Crippen MR) is 52.4 cm³/mol. The monoisotopic (exact) mass is 172 g/mol. The van der Waals surface area contributed by atoms with Crippen molar-refractivity contribution in [3.8, 4) is 0 Å². The normalized spacial score (nSPS) is 14.2. The molecule has 0 aromatic rings. The zero-order valence-electron chi connectivity index (χ0n) is 8.74. The molecule has 0 rings (SSSR count). The quantitative estimate of drug-likeness (QED) is 0.465. The maximum atomic E-state index is 5.19. The van der Waals surface area contributed by atoms with Gasteiger partial charge in [-0.3, -0.25) is 0 Å². The third-order valence-electron chi connectivity index (χ3n) is 1.41. The Morgan fingerprint density at radius 3 is 2.33 bits per heavy atom. The summed E-state index contributed by atoms with van der Waals surface area (Å²) in [6, 6.07) is 0. The van der Waals surface area contributed by atoms with E-state index in [9.17, 15) is 0 Å². The first-order valence-electron chi connectivity index (χ1n) is 4.28. The van der Waals surface area contributed by atoms with E-state index in [1.807, 2.05) is 19.0 Å². The number of methoxy groups -OCH3 is 1. The van der Waals surface area contributed by atoms with Crippen molar-refractivity contribution in [3.63, 3.8) is 0 Å². The van der Waals surface area contributed by atoms with Crippen molar-refractivity contribution in [1.82, 2.24) is 4.90 Å². The third-order valence-corrected chi connectivity index (χ3v) is 1.41. The first-order valence-corrected chi connectivity index (χ1v) is 4.28. The Labute approximate surface area is 75.4 Å². The predicted octanol–water partition coefficient (Wildman–Crippen LogP) is 1.59. The topological polar surface area (TPSA) is 24.8 Å². The summed E-state index contributed by atoms with van der Waals surface area (Å²) in [7, 11) is 5.59. The molecule has 0 radical (unpaired) electrons. The van der Waals surface area contributed by atoms with Crippen molar-refractivity contribution >= 4 is 6.34 Å². The molecule has 0 fully saturated rings. The molecule has 0 bridgehead atoms. The molecule has 0 aromatic carbocycles. The van der Waals surface area contributed by atoms with Crippen LogP contribution in [-0.4, -0.2) is 38.7 Å². The second kappa shape index (κ2) is 6.00. The molecular weight excluding hydrogens is 152 g/mol. The minimum absolute atomic E-state index is 0.00685. The van der Waals surface area contributed by atoms with Crippen LogP contribution < -0.4 is 0 Å². The molecule has 0 N–H and O–H groups in total. The Morgan fingerprint density at radius 1 is 1.42 bits per heavy atom. The third kappa shape index (κ3) is 6.16. The van der Waals surface area contributed by atoms with Crippen LogP contribution in [0.4, 0.5) is 0 Å². The molecule has 0 aliphatic rings. The Kier molecular flexibility index (Phi) is 5.72. The SMILES string of the molecule is CO[C@H](CC(C)C)N=CN(C)C. The van der Waals surface area contributed by atoms with Gasteiger partial charge in [0.1, 0.15) is 6.23 Å². The van der Waals surface area contributed by atoms with Crippen LogP contribution in [0.5, 0.6) is 0 Å². The lowest BCUT2D eigenvalue weighted by atomic mass is 10.1. The molecule has 3 heteroatoms. The van der Waals surface area contributed by atoms with Crippen molar-refractivity contribution in [2.45, 2.75) is 26.5 Å². The molecule has 0 saturated heterocycles. The fourth-order valence-corrected chi connectivity index (χ4v) is 0.829. The molecule has 1 atom stereocenters. The summed E-state index contributed by atoms with van der Waals surface area (Å²) in [5, 5.41) is 0. The van der Waals surface area contributed by atoms with Crippen molar-refractivity contribution in [2.24, 2.45) is 10.9 Å². The largest absolute Gasteiger partial charge is 0.369 e. The highest BCUT2D eigenvalue weighted by atomic mass is 16.5. The average Bonchev–Trinajstić information content (AvgIpc) is 1.97. The zero-order valence-corrected chi connectivity index (χ0v) is 8.74. The van der Waals surface area contributed by atoms with E-state index in [1.165, 1.54) is 0 Å². The molecular formula is C9H20N2O.